The first kappa shape index (κ1) is 26.1. The molecule has 0 aliphatic carbocycles. The highest BCUT2D eigenvalue weighted by Crippen LogP contribution is 2.34. The van der Waals surface area contributed by atoms with Gasteiger partial charge in [0.05, 0.1) is 6.04 Å². The molecular weight excluding hydrogens is 503 g/mol. The van der Waals surface area contributed by atoms with Crippen molar-refractivity contribution < 1.29 is 23.5 Å². The van der Waals surface area contributed by atoms with E-state index in [1.165, 1.54) is 34.0 Å². The number of methoxy groups -OCH3 is 1. The van der Waals surface area contributed by atoms with Gasteiger partial charge < -0.3 is 19.3 Å². The number of halogens is 2. The first-order valence-corrected chi connectivity index (χ1v) is 13.0. The Bertz CT molecular complexity index is 1170. The summed E-state index contributed by atoms with van der Waals surface area (Å²) in [7, 11) is 1.59. The van der Waals surface area contributed by atoms with Gasteiger partial charge >= 0.3 is 0 Å². The minimum atomic E-state index is -0.419. The lowest BCUT2D eigenvalue weighted by Crippen LogP contribution is -2.48. The normalized spacial score (nSPS) is 14.9. The van der Waals surface area contributed by atoms with Crippen molar-refractivity contribution in [1.82, 2.24) is 9.80 Å². The van der Waals surface area contributed by atoms with Gasteiger partial charge in [0.15, 0.2) is 0 Å². The highest BCUT2D eigenvalue weighted by Gasteiger charge is 2.33. The van der Waals surface area contributed by atoms with Crippen LogP contribution in [-0.2, 0) is 16.0 Å². The van der Waals surface area contributed by atoms with Crippen LogP contribution in [-0.4, -0.2) is 61.6 Å². The van der Waals surface area contributed by atoms with Crippen LogP contribution in [0.4, 0.5) is 4.39 Å². The largest absolute Gasteiger partial charge is 0.491 e. The van der Waals surface area contributed by atoms with Crippen molar-refractivity contribution in [1.29, 1.82) is 0 Å². The quantitative estimate of drug-likeness (QED) is 0.337. The van der Waals surface area contributed by atoms with E-state index in [-0.39, 0.29) is 31.0 Å². The molecular formula is C27H28ClFN2O4S. The number of amides is 2. The Morgan fingerprint density at radius 3 is 2.61 bits per heavy atom. The maximum atomic E-state index is 13.6. The molecule has 36 heavy (non-hydrogen) atoms. The Balaban J connectivity index is 1.51. The highest BCUT2D eigenvalue weighted by atomic mass is 35.5. The molecule has 0 saturated heterocycles. The molecule has 0 saturated carbocycles. The second kappa shape index (κ2) is 12.3. The number of ether oxygens (including phenoxy) is 2. The monoisotopic (exact) mass is 530 g/mol. The highest BCUT2D eigenvalue weighted by molar-refractivity contribution is 7.10. The van der Waals surface area contributed by atoms with Crippen molar-refractivity contribution in [2.45, 2.75) is 18.9 Å². The van der Waals surface area contributed by atoms with E-state index in [0.717, 1.165) is 12.0 Å². The summed E-state index contributed by atoms with van der Waals surface area (Å²) in [6.07, 6.45) is 1.33. The van der Waals surface area contributed by atoms with Crippen LogP contribution in [0.1, 0.15) is 33.3 Å². The van der Waals surface area contributed by atoms with Gasteiger partial charge in [-0.1, -0.05) is 11.6 Å². The van der Waals surface area contributed by atoms with Crippen molar-refractivity contribution in [3.8, 4) is 5.75 Å². The molecule has 1 aromatic heterocycles. The van der Waals surface area contributed by atoms with Crippen LogP contribution in [0.5, 0.6) is 5.75 Å². The third-order valence-electron chi connectivity index (χ3n) is 6.12. The van der Waals surface area contributed by atoms with E-state index in [1.54, 1.807) is 47.6 Å². The number of rotatable bonds is 10. The van der Waals surface area contributed by atoms with E-state index in [2.05, 4.69) is 0 Å². The summed E-state index contributed by atoms with van der Waals surface area (Å²) in [6, 6.07) is 14.2. The second-order valence-electron chi connectivity index (χ2n) is 8.50. The van der Waals surface area contributed by atoms with Gasteiger partial charge in [-0.15, -0.1) is 11.3 Å². The number of hydrogen-bond donors (Lipinski definition) is 0. The van der Waals surface area contributed by atoms with Crippen LogP contribution < -0.4 is 4.74 Å². The molecule has 2 aromatic carbocycles. The zero-order valence-electron chi connectivity index (χ0n) is 20.0. The van der Waals surface area contributed by atoms with E-state index < -0.39 is 5.82 Å². The third kappa shape index (κ3) is 6.43. The molecule has 1 unspecified atom stereocenters. The Labute approximate surface area is 219 Å². The maximum Gasteiger partial charge on any atom is 0.254 e. The van der Waals surface area contributed by atoms with Crippen LogP contribution in [0.2, 0.25) is 5.02 Å². The Hall–Kier alpha value is -2.94. The molecule has 6 nitrogen and oxygen atoms in total. The summed E-state index contributed by atoms with van der Waals surface area (Å²) in [6.45, 7) is 1.54. The molecule has 0 radical (unpaired) electrons. The molecule has 4 rings (SSSR count). The number of thiophene rings is 1. The fourth-order valence-corrected chi connectivity index (χ4v) is 5.32. The van der Waals surface area contributed by atoms with Gasteiger partial charge in [-0.05, 0) is 78.4 Å². The molecule has 0 spiro atoms. The molecule has 0 fully saturated rings. The first-order chi connectivity index (χ1) is 17.5. The summed E-state index contributed by atoms with van der Waals surface area (Å²) in [5.41, 5.74) is 1.41. The van der Waals surface area contributed by atoms with Crippen molar-refractivity contribution >= 4 is 34.8 Å². The van der Waals surface area contributed by atoms with E-state index in [0.29, 0.717) is 42.5 Å². The van der Waals surface area contributed by atoms with Crippen molar-refractivity contribution in [2.75, 3.05) is 40.0 Å². The number of carbonyl (C=O) groups excluding carboxylic acids is 2. The van der Waals surface area contributed by atoms with Gasteiger partial charge in [0, 0.05) is 42.3 Å². The predicted octanol–water partition coefficient (Wildman–Crippen LogP) is 5.22. The molecule has 1 aliphatic rings. The molecule has 3 aromatic rings. The fourth-order valence-electron chi connectivity index (χ4n) is 4.26. The Morgan fingerprint density at radius 2 is 1.89 bits per heavy atom. The van der Waals surface area contributed by atoms with Crippen molar-refractivity contribution in [2.24, 2.45) is 0 Å². The van der Waals surface area contributed by atoms with Crippen LogP contribution >= 0.6 is 22.9 Å². The molecule has 9 heteroatoms. The van der Waals surface area contributed by atoms with E-state index in [1.807, 2.05) is 11.4 Å². The molecule has 0 bridgehead atoms. The summed E-state index contributed by atoms with van der Waals surface area (Å²) in [5.74, 6) is -0.232. The Morgan fingerprint density at radius 1 is 1.14 bits per heavy atom. The number of benzene rings is 2. The minimum absolute atomic E-state index is 0.0865. The van der Waals surface area contributed by atoms with Gasteiger partial charge in [-0.2, -0.15) is 0 Å². The third-order valence-corrected chi connectivity index (χ3v) is 7.37. The Kier molecular flexibility index (Phi) is 8.96. The minimum Gasteiger partial charge on any atom is -0.491 e. The van der Waals surface area contributed by atoms with Gasteiger partial charge in [0.1, 0.15) is 24.7 Å². The van der Waals surface area contributed by atoms with Gasteiger partial charge in [0.25, 0.3) is 5.91 Å². The van der Waals surface area contributed by atoms with Crippen LogP contribution in [0, 0.1) is 5.82 Å². The maximum absolute atomic E-state index is 13.6. The SMILES string of the molecule is COCCCN(CC(=O)N1CCc2sccc2C1COc1ccc(Cl)cc1)C(=O)c1ccc(F)cc1. The summed E-state index contributed by atoms with van der Waals surface area (Å²) >= 11 is 7.66. The number of hydrogen-bond acceptors (Lipinski definition) is 5. The average Bonchev–Trinajstić information content (AvgIpc) is 3.37. The van der Waals surface area contributed by atoms with E-state index >= 15 is 0 Å². The lowest BCUT2D eigenvalue weighted by Gasteiger charge is -2.37. The zero-order valence-corrected chi connectivity index (χ0v) is 21.6. The number of fused-ring (bicyclic) bond motifs is 1. The van der Waals surface area contributed by atoms with Crippen LogP contribution in [0.3, 0.4) is 0 Å². The zero-order chi connectivity index (χ0) is 25.5. The molecule has 2 amide bonds. The molecule has 190 valence electrons. The van der Waals surface area contributed by atoms with Crippen molar-refractivity contribution in [3.05, 3.63) is 86.8 Å². The van der Waals surface area contributed by atoms with Gasteiger partial charge in [0.2, 0.25) is 5.91 Å². The topological polar surface area (TPSA) is 59.1 Å². The lowest BCUT2D eigenvalue weighted by molar-refractivity contribution is -0.135. The molecule has 1 atom stereocenters. The molecule has 0 N–H and O–H groups in total. The van der Waals surface area contributed by atoms with E-state index in [4.69, 9.17) is 21.1 Å². The molecule has 2 heterocycles. The summed E-state index contributed by atoms with van der Waals surface area (Å²) in [4.78, 5) is 31.3. The van der Waals surface area contributed by atoms with Gasteiger partial charge in [-0.25, -0.2) is 4.39 Å². The van der Waals surface area contributed by atoms with Crippen LogP contribution in [0.15, 0.2) is 60.0 Å². The smallest absolute Gasteiger partial charge is 0.254 e. The second-order valence-corrected chi connectivity index (χ2v) is 9.93. The number of carbonyl (C=O) groups is 2. The fraction of sp³-hybridized carbons (Fsp3) is 0.333. The predicted molar refractivity (Wildman–Crippen MR) is 138 cm³/mol. The molecule has 1 aliphatic heterocycles. The number of nitrogens with zero attached hydrogens (tertiary/aromatic N) is 2. The summed E-state index contributed by atoms with van der Waals surface area (Å²) in [5, 5.41) is 2.65. The lowest BCUT2D eigenvalue weighted by atomic mass is 10.0. The average molecular weight is 531 g/mol. The first-order valence-electron chi connectivity index (χ1n) is 11.7. The van der Waals surface area contributed by atoms with E-state index in [9.17, 15) is 14.0 Å². The summed E-state index contributed by atoms with van der Waals surface area (Å²) < 4.78 is 24.6. The standard InChI is InChI=1S/C27H28ClFN2O4S/c1-34-15-2-13-30(27(33)19-3-7-21(29)8-4-19)17-26(32)31-14-11-25-23(12-16-36-25)24(31)18-35-22-9-5-20(28)6-10-22/h3-10,12,16,24H,2,11,13-15,17-18H2,1H3. The van der Waals surface area contributed by atoms with Crippen molar-refractivity contribution in [3.63, 3.8) is 0 Å². The van der Waals surface area contributed by atoms with Crippen LogP contribution in [0.25, 0.3) is 0 Å². The van der Waals surface area contributed by atoms with Gasteiger partial charge in [-0.3, -0.25) is 9.59 Å².